The van der Waals surface area contributed by atoms with Crippen LogP contribution in [0.5, 0.6) is 0 Å². The highest BCUT2D eigenvalue weighted by Gasteiger charge is 2.24. The van der Waals surface area contributed by atoms with Gasteiger partial charge in [-0.2, -0.15) is 11.8 Å². The van der Waals surface area contributed by atoms with E-state index >= 15 is 0 Å². The zero-order valence-corrected chi connectivity index (χ0v) is 12.9. The normalized spacial score (nSPS) is 14.2. The first-order valence-electron chi connectivity index (χ1n) is 6.42. The van der Waals surface area contributed by atoms with Crippen molar-refractivity contribution >= 4 is 17.7 Å². The van der Waals surface area contributed by atoms with Gasteiger partial charge in [0.15, 0.2) is 0 Å². The Morgan fingerprint density at radius 2 is 2.00 bits per heavy atom. The van der Waals surface area contributed by atoms with Gasteiger partial charge in [0.05, 0.1) is 13.0 Å². The molecule has 0 aliphatic heterocycles. The van der Waals surface area contributed by atoms with Gasteiger partial charge in [-0.1, -0.05) is 30.3 Å². The van der Waals surface area contributed by atoms with Gasteiger partial charge in [0.25, 0.3) is 0 Å². The topological polar surface area (TPSA) is 29.5 Å². The van der Waals surface area contributed by atoms with E-state index < -0.39 is 0 Å². The van der Waals surface area contributed by atoms with Crippen molar-refractivity contribution in [1.29, 1.82) is 0 Å². The minimum absolute atomic E-state index is 0.172. The molecule has 4 heteroatoms. The lowest BCUT2D eigenvalue weighted by atomic mass is 9.98. The number of esters is 1. The maximum atomic E-state index is 12.0. The van der Waals surface area contributed by atoms with E-state index in [1.807, 2.05) is 42.1 Å². The van der Waals surface area contributed by atoms with Crippen molar-refractivity contribution in [2.75, 3.05) is 32.7 Å². The number of hydrogen-bond acceptors (Lipinski definition) is 4. The maximum absolute atomic E-state index is 12.0. The fourth-order valence-corrected chi connectivity index (χ4v) is 2.72. The van der Waals surface area contributed by atoms with E-state index in [2.05, 4.69) is 25.1 Å². The van der Waals surface area contributed by atoms with E-state index in [4.69, 9.17) is 4.74 Å². The van der Waals surface area contributed by atoms with Gasteiger partial charge in [0.2, 0.25) is 0 Å². The van der Waals surface area contributed by atoms with E-state index in [0.29, 0.717) is 12.6 Å². The molecular weight excluding hydrogens is 258 g/mol. The fraction of sp³-hybridized carbons (Fsp3) is 0.533. The van der Waals surface area contributed by atoms with E-state index in [1.54, 1.807) is 0 Å². The van der Waals surface area contributed by atoms with Gasteiger partial charge in [-0.25, -0.2) is 0 Å². The summed E-state index contributed by atoms with van der Waals surface area (Å²) >= 11 is 1.82. The molecule has 0 radical (unpaired) electrons. The third-order valence-corrected chi connectivity index (χ3v) is 4.13. The first-order chi connectivity index (χ1) is 9.10. The molecule has 0 amide bonds. The Morgan fingerprint density at radius 3 is 2.53 bits per heavy atom. The smallest absolute Gasteiger partial charge is 0.314 e. The van der Waals surface area contributed by atoms with E-state index in [-0.39, 0.29) is 11.9 Å². The molecule has 0 aliphatic carbocycles. The zero-order chi connectivity index (χ0) is 14.3. The Balaban J connectivity index is 2.79. The van der Waals surface area contributed by atoms with Crippen LogP contribution in [0.1, 0.15) is 18.4 Å². The minimum Gasteiger partial charge on any atom is -0.469 e. The molecule has 0 N–H and O–H groups in total. The summed E-state index contributed by atoms with van der Waals surface area (Å²) in [5, 5.41) is 0. The summed E-state index contributed by atoms with van der Waals surface area (Å²) in [6, 6.07) is 10.3. The van der Waals surface area contributed by atoms with Crippen molar-refractivity contribution in [3.8, 4) is 0 Å². The molecule has 0 saturated heterocycles. The summed E-state index contributed by atoms with van der Waals surface area (Å²) in [7, 11) is 3.50. The number of carbonyl (C=O) groups excluding carboxylic acids is 1. The lowest BCUT2D eigenvalue weighted by Gasteiger charge is -2.27. The molecule has 0 spiro atoms. The zero-order valence-electron chi connectivity index (χ0n) is 12.1. The Hall–Kier alpha value is -1.00. The molecule has 2 atom stereocenters. The summed E-state index contributed by atoms with van der Waals surface area (Å²) in [6.45, 7) is 2.86. The number of ether oxygens (including phenoxy) is 1. The molecular formula is C15H23NO2S. The SMILES string of the molecule is COC(=O)C(CN(C)C(C)CSC)c1ccccc1. The molecule has 2 unspecified atom stereocenters. The Morgan fingerprint density at radius 1 is 1.37 bits per heavy atom. The summed E-state index contributed by atoms with van der Waals surface area (Å²) in [6.07, 6.45) is 2.10. The van der Waals surface area contributed by atoms with Crippen molar-refractivity contribution in [2.24, 2.45) is 0 Å². The average Bonchev–Trinajstić information content (AvgIpc) is 2.44. The second-order valence-electron chi connectivity index (χ2n) is 4.73. The molecule has 1 aromatic carbocycles. The quantitative estimate of drug-likeness (QED) is 0.719. The van der Waals surface area contributed by atoms with Crippen molar-refractivity contribution in [3.63, 3.8) is 0 Å². The lowest BCUT2D eigenvalue weighted by Crippen LogP contribution is -2.37. The van der Waals surface area contributed by atoms with Crippen molar-refractivity contribution < 1.29 is 9.53 Å². The number of methoxy groups -OCH3 is 1. The summed E-state index contributed by atoms with van der Waals surface area (Å²) < 4.78 is 4.94. The second-order valence-corrected chi connectivity index (χ2v) is 5.64. The highest BCUT2D eigenvalue weighted by atomic mass is 32.2. The number of hydrogen-bond donors (Lipinski definition) is 0. The molecule has 0 saturated carbocycles. The highest BCUT2D eigenvalue weighted by molar-refractivity contribution is 7.98. The largest absolute Gasteiger partial charge is 0.469 e. The molecule has 3 nitrogen and oxygen atoms in total. The molecule has 1 aromatic rings. The van der Waals surface area contributed by atoms with Crippen LogP contribution in [0.15, 0.2) is 30.3 Å². The van der Waals surface area contributed by atoms with Crippen LogP contribution in [-0.4, -0.2) is 49.6 Å². The molecule has 0 fully saturated rings. The van der Waals surface area contributed by atoms with E-state index in [9.17, 15) is 4.79 Å². The first-order valence-corrected chi connectivity index (χ1v) is 7.81. The van der Waals surface area contributed by atoms with Crippen LogP contribution in [0.2, 0.25) is 0 Å². The number of thioether (sulfide) groups is 1. The fourth-order valence-electron chi connectivity index (χ4n) is 1.98. The third kappa shape index (κ3) is 4.88. The Kier molecular flexibility index (Phi) is 6.95. The maximum Gasteiger partial charge on any atom is 0.314 e. The van der Waals surface area contributed by atoms with E-state index in [0.717, 1.165) is 11.3 Å². The van der Waals surface area contributed by atoms with Crippen molar-refractivity contribution in [3.05, 3.63) is 35.9 Å². The van der Waals surface area contributed by atoms with Crippen LogP contribution in [0, 0.1) is 0 Å². The van der Waals surface area contributed by atoms with Crippen LogP contribution >= 0.6 is 11.8 Å². The number of nitrogens with zero attached hydrogens (tertiary/aromatic N) is 1. The van der Waals surface area contributed by atoms with E-state index in [1.165, 1.54) is 7.11 Å². The van der Waals surface area contributed by atoms with Crippen LogP contribution < -0.4 is 0 Å². The Bertz CT molecular complexity index is 383. The second kappa shape index (κ2) is 8.23. The minimum atomic E-state index is -0.222. The predicted molar refractivity (Wildman–Crippen MR) is 81.7 cm³/mol. The number of benzene rings is 1. The van der Waals surface area contributed by atoms with Crippen LogP contribution in [0.3, 0.4) is 0 Å². The summed E-state index contributed by atoms with van der Waals surface area (Å²) in [5.74, 6) is 0.661. The van der Waals surface area contributed by atoms with Gasteiger partial charge in [-0.3, -0.25) is 4.79 Å². The molecule has 0 heterocycles. The number of carbonyl (C=O) groups is 1. The first kappa shape index (κ1) is 16.1. The van der Waals surface area contributed by atoms with Crippen LogP contribution in [0.4, 0.5) is 0 Å². The van der Waals surface area contributed by atoms with Crippen LogP contribution in [-0.2, 0) is 9.53 Å². The molecule has 106 valence electrons. The number of likely N-dealkylation sites (N-methyl/N-ethyl adjacent to an activating group) is 1. The highest BCUT2D eigenvalue weighted by Crippen LogP contribution is 2.19. The van der Waals surface area contributed by atoms with Gasteiger partial charge in [0, 0.05) is 18.3 Å². The third-order valence-electron chi connectivity index (χ3n) is 3.32. The predicted octanol–water partition coefficient (Wildman–Crippen LogP) is 2.63. The molecule has 0 bridgehead atoms. The lowest BCUT2D eigenvalue weighted by molar-refractivity contribution is -0.143. The van der Waals surface area contributed by atoms with Crippen molar-refractivity contribution in [1.82, 2.24) is 4.90 Å². The van der Waals surface area contributed by atoms with Gasteiger partial charge in [-0.05, 0) is 25.8 Å². The van der Waals surface area contributed by atoms with Gasteiger partial charge in [0.1, 0.15) is 0 Å². The summed E-state index contributed by atoms with van der Waals surface area (Å²) in [4.78, 5) is 14.2. The molecule has 0 aliphatic rings. The molecule has 19 heavy (non-hydrogen) atoms. The van der Waals surface area contributed by atoms with Gasteiger partial charge in [-0.15, -0.1) is 0 Å². The average molecular weight is 281 g/mol. The monoisotopic (exact) mass is 281 g/mol. The standard InChI is InChI=1S/C15H23NO2S/c1-12(11-19-4)16(2)10-14(15(17)18-3)13-8-6-5-7-9-13/h5-9,12,14H,10-11H2,1-4H3. The number of rotatable bonds is 7. The molecule has 1 rings (SSSR count). The molecule has 0 aromatic heterocycles. The van der Waals surface area contributed by atoms with Gasteiger partial charge < -0.3 is 9.64 Å². The van der Waals surface area contributed by atoms with Crippen LogP contribution in [0.25, 0.3) is 0 Å². The van der Waals surface area contributed by atoms with Crippen molar-refractivity contribution in [2.45, 2.75) is 18.9 Å². The Labute approximate surface area is 120 Å². The summed E-state index contributed by atoms with van der Waals surface area (Å²) in [5.41, 5.74) is 1.01. The van der Waals surface area contributed by atoms with Gasteiger partial charge >= 0.3 is 5.97 Å².